The minimum atomic E-state index is -4.70. The van der Waals surface area contributed by atoms with Crippen LogP contribution in [0.1, 0.15) is 11.1 Å². The van der Waals surface area contributed by atoms with Crippen LogP contribution in [0.2, 0.25) is 5.02 Å². The van der Waals surface area contributed by atoms with Gasteiger partial charge in [0.1, 0.15) is 18.9 Å². The van der Waals surface area contributed by atoms with Crippen molar-refractivity contribution < 1.29 is 31.1 Å². The van der Waals surface area contributed by atoms with Crippen LogP contribution >= 0.6 is 11.6 Å². The Labute approximate surface area is 177 Å². The molecule has 0 unspecified atom stereocenters. The molecule has 0 aliphatic rings. The Kier molecular flexibility index (Phi) is 7.59. The molecule has 30 heavy (non-hydrogen) atoms. The van der Waals surface area contributed by atoms with Gasteiger partial charge in [0.15, 0.2) is 0 Å². The van der Waals surface area contributed by atoms with Gasteiger partial charge in [0.05, 0.1) is 29.1 Å². The third-order valence-electron chi connectivity index (χ3n) is 3.94. The Morgan fingerprint density at radius 1 is 1.17 bits per heavy atom. The lowest BCUT2D eigenvalue weighted by molar-refractivity contribution is -0.137. The first-order valence-corrected chi connectivity index (χ1v) is 10.9. The summed E-state index contributed by atoms with van der Waals surface area (Å²) in [7, 11) is -4.09. The van der Waals surface area contributed by atoms with E-state index in [1.807, 2.05) is 19.1 Å². The maximum atomic E-state index is 13.0. The molecule has 0 spiro atoms. The Morgan fingerprint density at radius 3 is 2.37 bits per heavy atom. The molecule has 2 rings (SSSR count). The van der Waals surface area contributed by atoms with E-state index in [1.165, 1.54) is 0 Å². The van der Waals surface area contributed by atoms with E-state index in [9.17, 15) is 26.4 Å². The number of aryl methyl sites for hydroxylation is 1. The van der Waals surface area contributed by atoms with Gasteiger partial charge in [-0.25, -0.2) is 8.42 Å². The first-order valence-electron chi connectivity index (χ1n) is 8.68. The summed E-state index contributed by atoms with van der Waals surface area (Å²) in [6, 6.07) is 9.50. The van der Waals surface area contributed by atoms with Crippen LogP contribution in [0.4, 0.5) is 18.9 Å². The normalized spacial score (nSPS) is 11.8. The van der Waals surface area contributed by atoms with Crippen LogP contribution in [0.5, 0.6) is 5.75 Å². The molecule has 1 amide bonds. The summed E-state index contributed by atoms with van der Waals surface area (Å²) in [4.78, 5) is 12.2. The molecule has 2 aromatic rings. The lowest BCUT2D eigenvalue weighted by Gasteiger charge is -2.24. The fraction of sp³-hybridized carbons (Fsp3) is 0.316. The standard InChI is InChI=1S/C19H20ClF3N2O4S/c1-13-3-6-15(7-4-13)29-10-9-24-18(26)12-25(30(2,27)28)17-11-14(19(21,22)23)5-8-16(17)20/h3-8,11H,9-10,12H2,1-2H3,(H,24,26). The predicted molar refractivity (Wildman–Crippen MR) is 108 cm³/mol. The van der Waals surface area contributed by atoms with Crippen LogP contribution in [0, 0.1) is 6.92 Å². The Bertz CT molecular complexity index is 996. The van der Waals surface area contributed by atoms with Crippen molar-refractivity contribution in [2.24, 2.45) is 0 Å². The predicted octanol–water partition coefficient (Wildman–Crippen LogP) is 3.63. The summed E-state index contributed by atoms with van der Waals surface area (Å²) in [5.74, 6) is -0.121. The second-order valence-corrected chi connectivity index (χ2v) is 8.76. The van der Waals surface area contributed by atoms with E-state index >= 15 is 0 Å². The number of halogens is 4. The van der Waals surface area contributed by atoms with Crippen molar-refractivity contribution in [1.29, 1.82) is 0 Å². The summed E-state index contributed by atoms with van der Waals surface area (Å²) in [6.45, 7) is 1.39. The number of nitrogens with one attached hydrogen (secondary N) is 1. The van der Waals surface area contributed by atoms with Crippen LogP contribution < -0.4 is 14.4 Å². The molecule has 0 aromatic heterocycles. The third-order valence-corrected chi connectivity index (χ3v) is 5.39. The smallest absolute Gasteiger partial charge is 0.416 e. The summed E-state index contributed by atoms with van der Waals surface area (Å²) in [5, 5.41) is 2.23. The summed E-state index contributed by atoms with van der Waals surface area (Å²) >= 11 is 5.91. The zero-order valence-electron chi connectivity index (χ0n) is 16.2. The summed E-state index contributed by atoms with van der Waals surface area (Å²) < 4.78 is 69.1. The Balaban J connectivity index is 2.05. The zero-order valence-corrected chi connectivity index (χ0v) is 17.7. The van der Waals surface area contributed by atoms with Gasteiger partial charge in [-0.15, -0.1) is 0 Å². The highest BCUT2D eigenvalue weighted by molar-refractivity contribution is 7.92. The number of carbonyl (C=O) groups is 1. The van der Waals surface area contributed by atoms with Gasteiger partial charge in [0.2, 0.25) is 15.9 Å². The molecule has 0 bridgehead atoms. The van der Waals surface area contributed by atoms with Crippen molar-refractivity contribution >= 4 is 33.2 Å². The molecular formula is C19H20ClF3N2O4S. The van der Waals surface area contributed by atoms with Crippen LogP contribution in [0.15, 0.2) is 42.5 Å². The van der Waals surface area contributed by atoms with E-state index < -0.39 is 39.9 Å². The van der Waals surface area contributed by atoms with Crippen molar-refractivity contribution in [2.75, 3.05) is 30.3 Å². The topological polar surface area (TPSA) is 75.7 Å². The highest BCUT2D eigenvalue weighted by atomic mass is 35.5. The first kappa shape index (κ1) is 23.8. The van der Waals surface area contributed by atoms with E-state index in [0.717, 1.165) is 24.0 Å². The Hall–Kier alpha value is -2.46. The van der Waals surface area contributed by atoms with Gasteiger partial charge in [-0.05, 0) is 37.3 Å². The van der Waals surface area contributed by atoms with Gasteiger partial charge in [0.25, 0.3) is 0 Å². The maximum Gasteiger partial charge on any atom is 0.416 e. The highest BCUT2D eigenvalue weighted by Crippen LogP contribution is 2.36. The monoisotopic (exact) mass is 464 g/mol. The van der Waals surface area contributed by atoms with Crippen molar-refractivity contribution in [2.45, 2.75) is 13.1 Å². The number of carbonyl (C=O) groups excluding carboxylic acids is 1. The molecule has 0 radical (unpaired) electrons. The quantitative estimate of drug-likeness (QED) is 0.605. The number of anilines is 1. The largest absolute Gasteiger partial charge is 0.492 e. The molecule has 0 fully saturated rings. The molecule has 0 atom stereocenters. The number of benzene rings is 2. The molecule has 6 nitrogen and oxygen atoms in total. The van der Waals surface area contributed by atoms with Crippen LogP contribution in [-0.2, 0) is 21.0 Å². The summed E-state index contributed by atoms with van der Waals surface area (Å²) in [6.07, 6.45) is -3.92. The van der Waals surface area contributed by atoms with Crippen LogP contribution in [-0.4, -0.2) is 40.3 Å². The van der Waals surface area contributed by atoms with Gasteiger partial charge >= 0.3 is 6.18 Å². The molecule has 11 heteroatoms. The number of amides is 1. The van der Waals surface area contributed by atoms with Gasteiger partial charge < -0.3 is 10.1 Å². The van der Waals surface area contributed by atoms with E-state index in [4.69, 9.17) is 16.3 Å². The van der Waals surface area contributed by atoms with Gasteiger partial charge in [-0.3, -0.25) is 9.10 Å². The van der Waals surface area contributed by atoms with Crippen LogP contribution in [0.25, 0.3) is 0 Å². The van der Waals surface area contributed by atoms with Crippen LogP contribution in [0.3, 0.4) is 0 Å². The van der Waals surface area contributed by atoms with Gasteiger partial charge in [-0.1, -0.05) is 29.3 Å². The van der Waals surface area contributed by atoms with E-state index in [1.54, 1.807) is 12.1 Å². The van der Waals surface area contributed by atoms with E-state index in [2.05, 4.69) is 5.32 Å². The molecule has 0 saturated carbocycles. The maximum absolute atomic E-state index is 13.0. The molecular weight excluding hydrogens is 445 g/mol. The summed E-state index contributed by atoms with van der Waals surface area (Å²) in [5.41, 5.74) is -0.452. The molecule has 0 aliphatic heterocycles. The van der Waals surface area contributed by atoms with Gasteiger partial charge in [-0.2, -0.15) is 13.2 Å². The number of rotatable bonds is 8. The molecule has 164 valence electrons. The third kappa shape index (κ3) is 6.81. The minimum absolute atomic E-state index is 0.0701. The lowest BCUT2D eigenvalue weighted by Crippen LogP contribution is -2.41. The fourth-order valence-electron chi connectivity index (χ4n) is 2.44. The minimum Gasteiger partial charge on any atom is -0.492 e. The lowest BCUT2D eigenvalue weighted by atomic mass is 10.2. The molecule has 1 N–H and O–H groups in total. The first-order chi connectivity index (χ1) is 13.9. The van der Waals surface area contributed by atoms with E-state index in [-0.39, 0.29) is 18.2 Å². The molecule has 0 heterocycles. The van der Waals surface area contributed by atoms with E-state index in [0.29, 0.717) is 16.1 Å². The van der Waals surface area contributed by atoms with Crippen molar-refractivity contribution in [3.63, 3.8) is 0 Å². The number of nitrogens with zero attached hydrogens (tertiary/aromatic N) is 1. The number of sulfonamides is 1. The highest BCUT2D eigenvalue weighted by Gasteiger charge is 2.33. The number of ether oxygens (including phenoxy) is 1. The van der Waals surface area contributed by atoms with Crippen molar-refractivity contribution in [3.05, 3.63) is 58.6 Å². The average Bonchev–Trinajstić information content (AvgIpc) is 2.63. The fourth-order valence-corrected chi connectivity index (χ4v) is 3.57. The van der Waals surface area contributed by atoms with Gasteiger partial charge in [0, 0.05) is 0 Å². The second kappa shape index (κ2) is 9.57. The number of alkyl halides is 3. The van der Waals surface area contributed by atoms with Crippen molar-refractivity contribution in [1.82, 2.24) is 5.32 Å². The SMILES string of the molecule is Cc1ccc(OCCNC(=O)CN(c2cc(C(F)(F)F)ccc2Cl)S(C)(=O)=O)cc1. The molecule has 2 aromatic carbocycles. The second-order valence-electron chi connectivity index (χ2n) is 6.45. The zero-order chi connectivity index (χ0) is 22.5. The Morgan fingerprint density at radius 2 is 1.80 bits per heavy atom. The molecule has 0 aliphatic carbocycles. The average molecular weight is 465 g/mol. The number of hydrogen-bond donors (Lipinski definition) is 1. The van der Waals surface area contributed by atoms with Crippen molar-refractivity contribution in [3.8, 4) is 5.75 Å². The molecule has 0 saturated heterocycles. The number of hydrogen-bond acceptors (Lipinski definition) is 4.